The Morgan fingerprint density at radius 2 is 1.82 bits per heavy atom. The van der Waals surface area contributed by atoms with Gasteiger partial charge in [0, 0.05) is 16.5 Å². The lowest BCUT2D eigenvalue weighted by molar-refractivity contribution is -0.128. The zero-order valence-corrected chi connectivity index (χ0v) is 20.3. The van der Waals surface area contributed by atoms with Gasteiger partial charge in [0.15, 0.2) is 0 Å². The predicted octanol–water partition coefficient (Wildman–Crippen LogP) is 5.65. The molecule has 3 aromatic carbocycles. The first-order valence-electron chi connectivity index (χ1n) is 11.1. The van der Waals surface area contributed by atoms with Gasteiger partial charge in [0.25, 0.3) is 0 Å². The lowest BCUT2D eigenvalue weighted by Crippen LogP contribution is -2.47. The standard InChI is InChI=1S/C27H27ClN2O2S/c1-18-10-12-20(13-11-18)14-15-29-26(31)19(2)25-27(32)30(17-21-6-5-7-22(28)16-21)23-8-3-4-9-24(23)33-25/h3-13,16,19,25H,14-15,17H2,1-2H3,(H,29,31)/t19-,25-/m1/s1. The summed E-state index contributed by atoms with van der Waals surface area (Å²) in [6.45, 7) is 4.85. The fourth-order valence-corrected chi connectivity index (χ4v) is 5.42. The van der Waals surface area contributed by atoms with Crippen molar-refractivity contribution in [2.75, 3.05) is 11.4 Å². The van der Waals surface area contributed by atoms with Gasteiger partial charge in [-0.3, -0.25) is 9.59 Å². The molecular weight excluding hydrogens is 452 g/mol. The number of thioether (sulfide) groups is 1. The Balaban J connectivity index is 1.46. The minimum Gasteiger partial charge on any atom is -0.355 e. The summed E-state index contributed by atoms with van der Waals surface area (Å²) in [5.74, 6) is -0.620. The number of rotatable bonds is 7. The molecule has 1 N–H and O–H groups in total. The number of carbonyl (C=O) groups excluding carboxylic acids is 2. The summed E-state index contributed by atoms with van der Waals surface area (Å²) >= 11 is 7.63. The molecule has 1 aliphatic rings. The Kier molecular flexibility index (Phi) is 7.41. The highest BCUT2D eigenvalue weighted by Crippen LogP contribution is 2.42. The molecule has 2 atom stereocenters. The van der Waals surface area contributed by atoms with Crippen LogP contribution in [0.2, 0.25) is 5.02 Å². The third-order valence-electron chi connectivity index (χ3n) is 5.85. The van der Waals surface area contributed by atoms with Crippen LogP contribution in [0.15, 0.2) is 77.7 Å². The molecule has 0 spiro atoms. The lowest BCUT2D eigenvalue weighted by atomic mass is 10.0. The number of amides is 2. The van der Waals surface area contributed by atoms with Gasteiger partial charge in [0.1, 0.15) is 5.25 Å². The van der Waals surface area contributed by atoms with Crippen LogP contribution in [0.1, 0.15) is 23.6 Å². The van der Waals surface area contributed by atoms with Crippen molar-refractivity contribution in [3.8, 4) is 0 Å². The molecule has 4 nitrogen and oxygen atoms in total. The molecule has 0 radical (unpaired) electrons. The van der Waals surface area contributed by atoms with Gasteiger partial charge in [-0.2, -0.15) is 0 Å². The molecule has 6 heteroatoms. The quantitative estimate of drug-likeness (QED) is 0.477. The van der Waals surface area contributed by atoms with Crippen LogP contribution >= 0.6 is 23.4 Å². The van der Waals surface area contributed by atoms with Crippen molar-refractivity contribution in [3.05, 3.63) is 94.5 Å². The Bertz CT molecular complexity index is 1150. The number of carbonyl (C=O) groups is 2. The third kappa shape index (κ3) is 5.60. The second-order valence-corrected chi connectivity index (χ2v) is 10.00. The fraction of sp³-hybridized carbons (Fsp3) is 0.259. The van der Waals surface area contributed by atoms with Crippen LogP contribution in [0.25, 0.3) is 0 Å². The summed E-state index contributed by atoms with van der Waals surface area (Å²) in [5.41, 5.74) is 4.22. The van der Waals surface area contributed by atoms with Crippen LogP contribution in [0.4, 0.5) is 5.69 Å². The monoisotopic (exact) mass is 478 g/mol. The number of halogens is 1. The third-order valence-corrected chi connectivity index (χ3v) is 7.55. The zero-order chi connectivity index (χ0) is 23.4. The summed E-state index contributed by atoms with van der Waals surface area (Å²) in [6, 6.07) is 23.7. The van der Waals surface area contributed by atoms with Crippen LogP contribution in [-0.2, 0) is 22.6 Å². The maximum atomic E-state index is 13.5. The largest absolute Gasteiger partial charge is 0.355 e. The number of hydrogen-bond donors (Lipinski definition) is 1. The van der Waals surface area contributed by atoms with Gasteiger partial charge >= 0.3 is 0 Å². The van der Waals surface area contributed by atoms with Crippen molar-refractivity contribution in [1.82, 2.24) is 5.32 Å². The molecule has 0 aliphatic carbocycles. The van der Waals surface area contributed by atoms with E-state index in [4.69, 9.17) is 11.6 Å². The Morgan fingerprint density at radius 3 is 2.58 bits per heavy atom. The molecule has 1 aliphatic heterocycles. The second kappa shape index (κ2) is 10.4. The van der Waals surface area contributed by atoms with E-state index in [2.05, 4.69) is 36.5 Å². The highest BCUT2D eigenvalue weighted by Gasteiger charge is 2.39. The van der Waals surface area contributed by atoms with Crippen molar-refractivity contribution in [2.45, 2.75) is 37.0 Å². The predicted molar refractivity (Wildman–Crippen MR) is 136 cm³/mol. The second-order valence-electron chi connectivity index (χ2n) is 8.38. The number of fused-ring (bicyclic) bond motifs is 1. The van der Waals surface area contributed by atoms with E-state index in [0.717, 1.165) is 22.6 Å². The van der Waals surface area contributed by atoms with Crippen LogP contribution < -0.4 is 10.2 Å². The topological polar surface area (TPSA) is 49.4 Å². The highest BCUT2D eigenvalue weighted by atomic mass is 35.5. The highest BCUT2D eigenvalue weighted by molar-refractivity contribution is 8.01. The van der Waals surface area contributed by atoms with Crippen LogP contribution in [-0.4, -0.2) is 23.6 Å². The summed E-state index contributed by atoms with van der Waals surface area (Å²) in [4.78, 5) is 29.3. The Labute approximate surface area is 204 Å². The molecule has 170 valence electrons. The van der Waals surface area contributed by atoms with Gasteiger partial charge in [0.05, 0.1) is 18.2 Å². The first-order chi connectivity index (χ1) is 15.9. The smallest absolute Gasteiger partial charge is 0.241 e. The summed E-state index contributed by atoms with van der Waals surface area (Å²) in [5, 5.41) is 3.17. The first kappa shape index (κ1) is 23.4. The van der Waals surface area contributed by atoms with Crippen molar-refractivity contribution in [3.63, 3.8) is 0 Å². The number of anilines is 1. The molecule has 4 rings (SSSR count). The van der Waals surface area contributed by atoms with Crippen molar-refractivity contribution < 1.29 is 9.59 Å². The van der Waals surface area contributed by atoms with Gasteiger partial charge in [-0.15, -0.1) is 11.8 Å². The van der Waals surface area contributed by atoms with Gasteiger partial charge < -0.3 is 10.2 Å². The van der Waals surface area contributed by atoms with Crippen LogP contribution in [0, 0.1) is 12.8 Å². The number of benzene rings is 3. The number of para-hydroxylation sites is 1. The molecule has 1 heterocycles. The van der Waals surface area contributed by atoms with E-state index in [0.29, 0.717) is 18.1 Å². The minimum absolute atomic E-state index is 0.0557. The summed E-state index contributed by atoms with van der Waals surface area (Å²) in [6.07, 6.45) is 0.758. The van der Waals surface area contributed by atoms with Crippen molar-refractivity contribution >= 4 is 40.9 Å². The average Bonchev–Trinajstić information content (AvgIpc) is 2.81. The average molecular weight is 479 g/mol. The van der Waals surface area contributed by atoms with E-state index in [9.17, 15) is 9.59 Å². The van der Waals surface area contributed by atoms with Gasteiger partial charge in [-0.05, 0) is 48.7 Å². The van der Waals surface area contributed by atoms with Crippen LogP contribution in [0.5, 0.6) is 0 Å². The number of nitrogens with one attached hydrogen (secondary N) is 1. The minimum atomic E-state index is -0.488. The molecule has 0 saturated heterocycles. The molecule has 0 fully saturated rings. The van der Waals surface area contributed by atoms with Crippen LogP contribution in [0.3, 0.4) is 0 Å². The fourth-order valence-electron chi connectivity index (χ4n) is 3.92. The van der Waals surface area contributed by atoms with E-state index in [-0.39, 0.29) is 11.8 Å². The SMILES string of the molecule is Cc1ccc(CCNC(=O)[C@H](C)[C@H]2Sc3ccccc3N(Cc3cccc(Cl)c3)C2=O)cc1. The lowest BCUT2D eigenvalue weighted by Gasteiger charge is -2.35. The van der Waals surface area contributed by atoms with Crippen molar-refractivity contribution in [2.24, 2.45) is 5.92 Å². The summed E-state index contributed by atoms with van der Waals surface area (Å²) in [7, 11) is 0. The first-order valence-corrected chi connectivity index (χ1v) is 12.3. The zero-order valence-electron chi connectivity index (χ0n) is 18.8. The molecule has 3 aromatic rings. The molecule has 0 unspecified atom stereocenters. The molecule has 0 aromatic heterocycles. The molecule has 0 saturated carbocycles. The van der Waals surface area contributed by atoms with Gasteiger partial charge in [-0.1, -0.05) is 72.6 Å². The van der Waals surface area contributed by atoms with E-state index in [1.165, 1.54) is 22.9 Å². The number of nitrogens with zero attached hydrogens (tertiary/aromatic N) is 1. The van der Waals surface area contributed by atoms with Gasteiger partial charge in [0.2, 0.25) is 11.8 Å². The summed E-state index contributed by atoms with van der Waals surface area (Å²) < 4.78 is 0. The molecule has 0 bridgehead atoms. The van der Waals surface area contributed by atoms with Crippen molar-refractivity contribution in [1.29, 1.82) is 0 Å². The maximum Gasteiger partial charge on any atom is 0.241 e. The van der Waals surface area contributed by atoms with E-state index in [1.807, 2.05) is 55.5 Å². The van der Waals surface area contributed by atoms with Gasteiger partial charge in [-0.25, -0.2) is 0 Å². The van der Waals surface area contributed by atoms with E-state index < -0.39 is 11.2 Å². The molecule has 33 heavy (non-hydrogen) atoms. The molecular formula is C27H27ClN2O2S. The normalized spacial score (nSPS) is 16.3. The van der Waals surface area contributed by atoms with E-state index in [1.54, 1.807) is 4.90 Å². The number of hydrogen-bond acceptors (Lipinski definition) is 3. The Morgan fingerprint density at radius 1 is 1.06 bits per heavy atom. The number of aryl methyl sites for hydroxylation is 1. The maximum absolute atomic E-state index is 13.5. The Hall–Kier alpha value is -2.76. The molecule has 2 amide bonds. The van der Waals surface area contributed by atoms with E-state index >= 15 is 0 Å².